The first-order valence-corrected chi connectivity index (χ1v) is 10.6. The summed E-state index contributed by atoms with van der Waals surface area (Å²) in [7, 11) is 0. The Morgan fingerprint density at radius 1 is 0.933 bits per heavy atom. The second-order valence-electron chi connectivity index (χ2n) is 7.91. The number of carbonyl (C=O) groups excluding carboxylic acids is 2. The van der Waals surface area contributed by atoms with Crippen LogP contribution in [0.25, 0.3) is 5.57 Å². The fraction of sp³-hybridized carbons (Fsp3) is 0.360. The lowest BCUT2D eigenvalue weighted by Gasteiger charge is -2.17. The van der Waals surface area contributed by atoms with Crippen molar-refractivity contribution < 1.29 is 14.3 Å². The molecular weight excluding hydrogens is 376 g/mol. The number of rotatable bonds is 9. The summed E-state index contributed by atoms with van der Waals surface area (Å²) in [6, 6.07) is 15.3. The van der Waals surface area contributed by atoms with E-state index < -0.39 is 0 Å². The minimum atomic E-state index is -0.283. The Labute approximate surface area is 178 Å². The molecule has 0 fully saturated rings. The Bertz CT molecular complexity index is 928. The van der Waals surface area contributed by atoms with E-state index in [1.807, 2.05) is 62.4 Å². The molecule has 2 aromatic rings. The first-order valence-electron chi connectivity index (χ1n) is 10.6. The van der Waals surface area contributed by atoms with Crippen LogP contribution in [0.3, 0.4) is 0 Å². The van der Waals surface area contributed by atoms with Crippen molar-refractivity contribution in [3.63, 3.8) is 0 Å². The zero-order chi connectivity index (χ0) is 21.7. The third kappa shape index (κ3) is 4.73. The monoisotopic (exact) mass is 406 g/mol. The molecule has 30 heavy (non-hydrogen) atoms. The molecule has 0 radical (unpaired) electrons. The van der Waals surface area contributed by atoms with Gasteiger partial charge < -0.3 is 10.1 Å². The second-order valence-corrected chi connectivity index (χ2v) is 7.91. The van der Waals surface area contributed by atoms with Crippen LogP contribution in [0.5, 0.6) is 5.75 Å². The average Bonchev–Trinajstić information content (AvgIpc) is 2.97. The number of nitrogens with zero attached hydrogens (tertiary/aromatic N) is 1. The van der Waals surface area contributed by atoms with Crippen molar-refractivity contribution in [2.45, 2.75) is 40.5 Å². The van der Waals surface area contributed by atoms with Gasteiger partial charge in [-0.2, -0.15) is 0 Å². The molecule has 1 aliphatic heterocycles. The molecule has 2 aromatic carbocycles. The summed E-state index contributed by atoms with van der Waals surface area (Å²) in [5.74, 6) is 0.395. The lowest BCUT2D eigenvalue weighted by atomic mass is 10.0. The molecule has 3 rings (SSSR count). The van der Waals surface area contributed by atoms with Crippen molar-refractivity contribution in [2.24, 2.45) is 5.92 Å². The highest BCUT2D eigenvalue weighted by Crippen LogP contribution is 2.32. The minimum absolute atomic E-state index is 0.187. The fourth-order valence-corrected chi connectivity index (χ4v) is 3.40. The van der Waals surface area contributed by atoms with Crippen molar-refractivity contribution >= 4 is 23.1 Å². The van der Waals surface area contributed by atoms with Gasteiger partial charge in [-0.05, 0) is 54.2 Å². The summed E-state index contributed by atoms with van der Waals surface area (Å²) in [4.78, 5) is 27.7. The van der Waals surface area contributed by atoms with Gasteiger partial charge in [0, 0.05) is 12.2 Å². The Hall–Kier alpha value is -3.08. The maximum absolute atomic E-state index is 13.2. The van der Waals surface area contributed by atoms with E-state index in [-0.39, 0.29) is 17.7 Å². The maximum Gasteiger partial charge on any atom is 0.278 e. The number of ether oxygens (including phenoxy) is 1. The van der Waals surface area contributed by atoms with Crippen molar-refractivity contribution in [1.29, 1.82) is 0 Å². The van der Waals surface area contributed by atoms with Crippen LogP contribution in [0.1, 0.15) is 45.2 Å². The second kappa shape index (κ2) is 9.61. The summed E-state index contributed by atoms with van der Waals surface area (Å²) in [5.41, 5.74) is 3.44. The molecule has 0 saturated carbocycles. The summed E-state index contributed by atoms with van der Waals surface area (Å²) in [6.45, 7) is 9.17. The van der Waals surface area contributed by atoms with Crippen LogP contribution < -0.4 is 10.1 Å². The van der Waals surface area contributed by atoms with Gasteiger partial charge in [0.1, 0.15) is 11.4 Å². The Morgan fingerprint density at radius 2 is 1.60 bits per heavy atom. The molecule has 158 valence electrons. The minimum Gasteiger partial charge on any atom is -0.494 e. The topological polar surface area (TPSA) is 58.6 Å². The number of amides is 2. The van der Waals surface area contributed by atoms with E-state index >= 15 is 0 Å². The van der Waals surface area contributed by atoms with E-state index in [0.717, 1.165) is 24.3 Å². The summed E-state index contributed by atoms with van der Waals surface area (Å²) >= 11 is 0. The highest BCUT2D eigenvalue weighted by molar-refractivity contribution is 6.36. The van der Waals surface area contributed by atoms with Gasteiger partial charge in [0.25, 0.3) is 11.8 Å². The Balaban J connectivity index is 1.97. The van der Waals surface area contributed by atoms with E-state index in [0.29, 0.717) is 30.0 Å². The molecule has 0 saturated heterocycles. The standard InChI is InChI=1S/C25H30N2O3/c1-5-15-30-21-13-9-19(10-14-21)22-23(25(29)27(24(22)28)16-17(3)4)26-20-11-7-18(6-2)8-12-20/h7-14,17,26H,5-6,15-16H2,1-4H3. The highest BCUT2D eigenvalue weighted by Gasteiger charge is 2.39. The Morgan fingerprint density at radius 3 is 2.17 bits per heavy atom. The van der Waals surface area contributed by atoms with Gasteiger partial charge in [0.05, 0.1) is 12.2 Å². The van der Waals surface area contributed by atoms with Crippen LogP contribution in [0.15, 0.2) is 54.2 Å². The quantitative estimate of drug-likeness (QED) is 0.603. The van der Waals surface area contributed by atoms with Crippen LogP contribution in [0.2, 0.25) is 0 Å². The number of nitrogens with one attached hydrogen (secondary N) is 1. The van der Waals surface area contributed by atoms with Gasteiger partial charge >= 0.3 is 0 Å². The smallest absolute Gasteiger partial charge is 0.278 e. The van der Waals surface area contributed by atoms with E-state index in [9.17, 15) is 9.59 Å². The van der Waals surface area contributed by atoms with Gasteiger partial charge in [-0.1, -0.05) is 52.0 Å². The number of hydrogen-bond donors (Lipinski definition) is 1. The van der Waals surface area contributed by atoms with Gasteiger partial charge in [0.15, 0.2) is 0 Å². The Kier molecular flexibility index (Phi) is 6.93. The van der Waals surface area contributed by atoms with Crippen molar-refractivity contribution in [1.82, 2.24) is 4.90 Å². The molecule has 1 heterocycles. The number of aryl methyl sites for hydroxylation is 1. The molecule has 5 nitrogen and oxygen atoms in total. The predicted molar refractivity (Wildman–Crippen MR) is 120 cm³/mol. The molecule has 0 atom stereocenters. The summed E-state index contributed by atoms with van der Waals surface area (Å²) < 4.78 is 5.64. The van der Waals surface area contributed by atoms with Crippen LogP contribution in [0.4, 0.5) is 5.69 Å². The number of hydrogen-bond acceptors (Lipinski definition) is 4. The van der Waals surface area contributed by atoms with Crippen LogP contribution in [-0.4, -0.2) is 29.9 Å². The molecule has 5 heteroatoms. The number of carbonyl (C=O) groups is 2. The van der Waals surface area contributed by atoms with Crippen LogP contribution >= 0.6 is 0 Å². The van der Waals surface area contributed by atoms with Gasteiger partial charge in [-0.25, -0.2) is 0 Å². The van der Waals surface area contributed by atoms with E-state index in [2.05, 4.69) is 19.2 Å². The average molecular weight is 407 g/mol. The molecule has 2 amide bonds. The van der Waals surface area contributed by atoms with E-state index in [1.165, 1.54) is 10.5 Å². The van der Waals surface area contributed by atoms with Crippen molar-refractivity contribution in [2.75, 3.05) is 18.5 Å². The molecule has 1 aliphatic rings. The molecule has 1 N–H and O–H groups in total. The zero-order valence-electron chi connectivity index (χ0n) is 18.2. The lowest BCUT2D eigenvalue weighted by molar-refractivity contribution is -0.137. The van der Waals surface area contributed by atoms with E-state index in [4.69, 9.17) is 4.74 Å². The molecule has 0 unspecified atom stereocenters. The lowest BCUT2D eigenvalue weighted by Crippen LogP contribution is -2.35. The molecule has 0 spiro atoms. The van der Waals surface area contributed by atoms with Crippen molar-refractivity contribution in [3.8, 4) is 5.75 Å². The first-order chi connectivity index (χ1) is 14.4. The molecule has 0 bridgehead atoms. The fourth-order valence-electron chi connectivity index (χ4n) is 3.40. The maximum atomic E-state index is 13.2. The van der Waals surface area contributed by atoms with E-state index in [1.54, 1.807) is 0 Å². The van der Waals surface area contributed by atoms with Gasteiger partial charge in [-0.3, -0.25) is 14.5 Å². The highest BCUT2D eigenvalue weighted by atomic mass is 16.5. The number of benzene rings is 2. The third-order valence-corrected chi connectivity index (χ3v) is 4.96. The molecule has 0 aromatic heterocycles. The number of anilines is 1. The van der Waals surface area contributed by atoms with Crippen molar-refractivity contribution in [3.05, 3.63) is 65.4 Å². The first kappa shape index (κ1) is 21.6. The predicted octanol–water partition coefficient (Wildman–Crippen LogP) is 4.89. The summed E-state index contributed by atoms with van der Waals surface area (Å²) in [6.07, 6.45) is 1.87. The zero-order valence-corrected chi connectivity index (χ0v) is 18.2. The van der Waals surface area contributed by atoms with Gasteiger partial charge in [-0.15, -0.1) is 0 Å². The third-order valence-electron chi connectivity index (χ3n) is 4.96. The molecule has 0 aliphatic carbocycles. The largest absolute Gasteiger partial charge is 0.494 e. The number of imide groups is 1. The normalized spacial score (nSPS) is 14.1. The summed E-state index contributed by atoms with van der Waals surface area (Å²) in [5, 5.41) is 3.21. The van der Waals surface area contributed by atoms with Gasteiger partial charge in [0.2, 0.25) is 0 Å². The van der Waals surface area contributed by atoms with Crippen LogP contribution in [-0.2, 0) is 16.0 Å². The molecular formula is C25H30N2O3. The SMILES string of the molecule is CCCOc1ccc(C2=C(Nc3ccc(CC)cc3)C(=O)N(CC(C)C)C2=O)cc1. The van der Waals surface area contributed by atoms with Crippen LogP contribution in [0, 0.1) is 5.92 Å².